The summed E-state index contributed by atoms with van der Waals surface area (Å²) in [5, 5.41) is 2.95. The molecule has 1 aliphatic rings. The predicted octanol–water partition coefficient (Wildman–Crippen LogP) is 3.45. The molecular formula is C18H19NO3. The molecule has 22 heavy (non-hydrogen) atoms. The van der Waals surface area contributed by atoms with Crippen LogP contribution in [-0.4, -0.2) is 20.1 Å². The Bertz CT molecular complexity index is 669. The standard InChI is InChI=1S/C18H19NO3/c1-21-13-8-9-17(22-2)16(10-13)19-18(20)15-11-14(15)12-6-4-3-5-7-12/h3-10,14-15H,11H2,1-2H3,(H,19,20)/t14-,15+/m0/s1. The molecule has 0 bridgehead atoms. The summed E-state index contributed by atoms with van der Waals surface area (Å²) in [7, 11) is 3.18. The van der Waals surface area contributed by atoms with Crippen molar-refractivity contribution in [2.24, 2.45) is 5.92 Å². The topological polar surface area (TPSA) is 47.6 Å². The molecule has 0 aliphatic heterocycles. The molecule has 114 valence electrons. The number of rotatable bonds is 5. The average Bonchev–Trinajstić information content (AvgIpc) is 3.36. The van der Waals surface area contributed by atoms with Crippen LogP contribution in [-0.2, 0) is 4.79 Å². The van der Waals surface area contributed by atoms with Crippen LogP contribution in [0, 0.1) is 5.92 Å². The fraction of sp³-hybridized carbons (Fsp3) is 0.278. The molecule has 2 aromatic carbocycles. The summed E-state index contributed by atoms with van der Waals surface area (Å²) in [5.74, 6) is 1.69. The fourth-order valence-electron chi connectivity index (χ4n) is 2.69. The van der Waals surface area contributed by atoms with E-state index in [0.717, 1.165) is 6.42 Å². The Balaban J connectivity index is 1.71. The van der Waals surface area contributed by atoms with Gasteiger partial charge in [-0.25, -0.2) is 0 Å². The second kappa shape index (κ2) is 6.10. The van der Waals surface area contributed by atoms with Gasteiger partial charge in [0.15, 0.2) is 0 Å². The number of anilines is 1. The molecule has 4 heteroatoms. The first kappa shape index (κ1) is 14.4. The van der Waals surface area contributed by atoms with Crippen molar-refractivity contribution in [2.45, 2.75) is 12.3 Å². The van der Waals surface area contributed by atoms with Gasteiger partial charge in [0.2, 0.25) is 5.91 Å². The molecule has 0 radical (unpaired) electrons. The summed E-state index contributed by atoms with van der Waals surface area (Å²) in [6, 6.07) is 15.5. The molecule has 0 saturated heterocycles. The van der Waals surface area contributed by atoms with Gasteiger partial charge in [-0.15, -0.1) is 0 Å². The summed E-state index contributed by atoms with van der Waals surface area (Å²) >= 11 is 0. The molecule has 3 rings (SSSR count). The van der Waals surface area contributed by atoms with Gasteiger partial charge in [-0.1, -0.05) is 30.3 Å². The molecule has 0 aromatic heterocycles. The first-order valence-electron chi connectivity index (χ1n) is 7.30. The molecule has 1 fully saturated rings. The molecule has 1 aliphatic carbocycles. The van der Waals surface area contributed by atoms with Gasteiger partial charge in [0.1, 0.15) is 11.5 Å². The van der Waals surface area contributed by atoms with E-state index in [1.807, 2.05) is 18.2 Å². The van der Waals surface area contributed by atoms with E-state index in [-0.39, 0.29) is 11.8 Å². The first-order chi connectivity index (χ1) is 10.7. The Labute approximate surface area is 130 Å². The minimum atomic E-state index is 0.0262. The third kappa shape index (κ3) is 2.91. The van der Waals surface area contributed by atoms with Crippen molar-refractivity contribution in [3.8, 4) is 11.5 Å². The van der Waals surface area contributed by atoms with Gasteiger partial charge in [-0.2, -0.15) is 0 Å². The predicted molar refractivity (Wildman–Crippen MR) is 85.5 cm³/mol. The van der Waals surface area contributed by atoms with Crippen LogP contribution in [0.1, 0.15) is 17.9 Å². The molecule has 1 saturated carbocycles. The van der Waals surface area contributed by atoms with E-state index in [1.54, 1.807) is 32.4 Å². The highest BCUT2D eigenvalue weighted by Crippen LogP contribution is 2.48. The normalized spacial score (nSPS) is 19.4. The first-order valence-corrected chi connectivity index (χ1v) is 7.30. The van der Waals surface area contributed by atoms with Crippen molar-refractivity contribution < 1.29 is 14.3 Å². The largest absolute Gasteiger partial charge is 0.497 e. The van der Waals surface area contributed by atoms with E-state index in [1.165, 1.54) is 5.56 Å². The maximum Gasteiger partial charge on any atom is 0.228 e. The SMILES string of the molecule is COc1ccc(OC)c(NC(=O)[C@@H]2C[C@H]2c2ccccc2)c1. The van der Waals surface area contributed by atoms with Gasteiger partial charge in [-0.3, -0.25) is 4.79 Å². The Morgan fingerprint density at radius 2 is 1.86 bits per heavy atom. The van der Waals surface area contributed by atoms with Crippen LogP contribution in [0.2, 0.25) is 0 Å². The van der Waals surface area contributed by atoms with Crippen molar-refractivity contribution in [3.05, 3.63) is 54.1 Å². The number of methoxy groups -OCH3 is 2. The minimum Gasteiger partial charge on any atom is -0.497 e. The zero-order valence-electron chi connectivity index (χ0n) is 12.7. The zero-order chi connectivity index (χ0) is 15.5. The molecule has 0 heterocycles. The fourth-order valence-corrected chi connectivity index (χ4v) is 2.69. The van der Waals surface area contributed by atoms with Crippen LogP contribution < -0.4 is 14.8 Å². The van der Waals surface area contributed by atoms with Gasteiger partial charge in [0.05, 0.1) is 19.9 Å². The summed E-state index contributed by atoms with van der Waals surface area (Å²) in [5.41, 5.74) is 1.87. The third-order valence-corrected chi connectivity index (χ3v) is 4.02. The molecule has 0 spiro atoms. The van der Waals surface area contributed by atoms with Crippen LogP contribution >= 0.6 is 0 Å². The number of nitrogens with one attached hydrogen (secondary N) is 1. The van der Waals surface area contributed by atoms with Gasteiger partial charge in [0, 0.05) is 12.0 Å². The van der Waals surface area contributed by atoms with Crippen molar-refractivity contribution in [1.82, 2.24) is 0 Å². The molecule has 2 atom stereocenters. The summed E-state index contributed by atoms with van der Waals surface area (Å²) in [4.78, 5) is 12.4. The summed E-state index contributed by atoms with van der Waals surface area (Å²) in [6.07, 6.45) is 0.891. The van der Waals surface area contributed by atoms with Gasteiger partial charge >= 0.3 is 0 Å². The van der Waals surface area contributed by atoms with Crippen molar-refractivity contribution >= 4 is 11.6 Å². The highest BCUT2D eigenvalue weighted by molar-refractivity contribution is 5.96. The third-order valence-electron chi connectivity index (χ3n) is 4.02. The lowest BCUT2D eigenvalue weighted by molar-refractivity contribution is -0.117. The Morgan fingerprint density at radius 1 is 1.09 bits per heavy atom. The number of hydrogen-bond acceptors (Lipinski definition) is 3. The van der Waals surface area contributed by atoms with E-state index in [4.69, 9.17) is 9.47 Å². The molecule has 2 aromatic rings. The number of carbonyl (C=O) groups excluding carboxylic acids is 1. The second-order valence-electron chi connectivity index (χ2n) is 5.41. The van der Waals surface area contributed by atoms with E-state index < -0.39 is 0 Å². The molecule has 0 unspecified atom stereocenters. The molecule has 1 N–H and O–H groups in total. The summed E-state index contributed by atoms with van der Waals surface area (Å²) < 4.78 is 10.5. The number of amides is 1. The van der Waals surface area contributed by atoms with E-state index in [0.29, 0.717) is 23.1 Å². The van der Waals surface area contributed by atoms with Gasteiger partial charge in [-0.05, 0) is 30.0 Å². The average molecular weight is 297 g/mol. The quantitative estimate of drug-likeness (QED) is 0.919. The van der Waals surface area contributed by atoms with E-state index in [2.05, 4.69) is 17.4 Å². The smallest absolute Gasteiger partial charge is 0.228 e. The highest BCUT2D eigenvalue weighted by atomic mass is 16.5. The molecular weight excluding hydrogens is 278 g/mol. The molecule has 1 amide bonds. The van der Waals surface area contributed by atoms with Crippen molar-refractivity contribution in [3.63, 3.8) is 0 Å². The minimum absolute atomic E-state index is 0.0262. The lowest BCUT2D eigenvalue weighted by atomic mass is 10.1. The Kier molecular flexibility index (Phi) is 4.00. The lowest BCUT2D eigenvalue weighted by Gasteiger charge is -2.11. The van der Waals surface area contributed by atoms with Gasteiger partial charge in [0.25, 0.3) is 0 Å². The highest BCUT2D eigenvalue weighted by Gasteiger charge is 2.43. The maximum atomic E-state index is 12.4. The number of carbonyl (C=O) groups is 1. The Morgan fingerprint density at radius 3 is 2.55 bits per heavy atom. The number of benzene rings is 2. The van der Waals surface area contributed by atoms with Crippen molar-refractivity contribution in [2.75, 3.05) is 19.5 Å². The lowest BCUT2D eigenvalue weighted by Crippen LogP contribution is -2.15. The number of hydrogen-bond donors (Lipinski definition) is 1. The maximum absolute atomic E-state index is 12.4. The van der Waals surface area contributed by atoms with Gasteiger partial charge < -0.3 is 14.8 Å². The van der Waals surface area contributed by atoms with Crippen LogP contribution in [0.15, 0.2) is 48.5 Å². The second-order valence-corrected chi connectivity index (χ2v) is 5.41. The Hall–Kier alpha value is -2.49. The van der Waals surface area contributed by atoms with Crippen LogP contribution in [0.5, 0.6) is 11.5 Å². The van der Waals surface area contributed by atoms with Crippen LogP contribution in [0.4, 0.5) is 5.69 Å². The van der Waals surface area contributed by atoms with Crippen LogP contribution in [0.25, 0.3) is 0 Å². The monoisotopic (exact) mass is 297 g/mol. The van der Waals surface area contributed by atoms with Crippen molar-refractivity contribution in [1.29, 1.82) is 0 Å². The zero-order valence-corrected chi connectivity index (χ0v) is 12.7. The van der Waals surface area contributed by atoms with E-state index >= 15 is 0 Å². The van der Waals surface area contributed by atoms with E-state index in [9.17, 15) is 4.79 Å². The molecule has 4 nitrogen and oxygen atoms in total. The van der Waals surface area contributed by atoms with Crippen LogP contribution in [0.3, 0.4) is 0 Å². The summed E-state index contributed by atoms with van der Waals surface area (Å²) in [6.45, 7) is 0. The number of ether oxygens (including phenoxy) is 2.